The van der Waals surface area contributed by atoms with E-state index in [-0.39, 0.29) is 0 Å². The van der Waals surface area contributed by atoms with Crippen LogP contribution in [0.2, 0.25) is 0 Å². The maximum atomic E-state index is 10.6. The van der Waals surface area contributed by atoms with Crippen molar-refractivity contribution in [2.45, 2.75) is 89.2 Å². The molecule has 2 saturated carbocycles. The highest BCUT2D eigenvalue weighted by molar-refractivity contribution is 4.87. The molecule has 0 spiro atoms. The van der Waals surface area contributed by atoms with Gasteiger partial charge in [0, 0.05) is 12.6 Å². The second-order valence-electron chi connectivity index (χ2n) is 6.83. The highest BCUT2D eigenvalue weighted by atomic mass is 16.3. The molecule has 2 aliphatic rings. The van der Waals surface area contributed by atoms with E-state index in [4.69, 9.17) is 0 Å². The third-order valence-corrected chi connectivity index (χ3v) is 5.03. The van der Waals surface area contributed by atoms with Gasteiger partial charge in [-0.15, -0.1) is 0 Å². The Hall–Kier alpha value is -0.0800. The monoisotopic (exact) mass is 253 g/mol. The molecule has 0 aromatic rings. The predicted octanol–water partition coefficient (Wildman–Crippen LogP) is 3.63. The first-order chi connectivity index (χ1) is 8.68. The maximum absolute atomic E-state index is 10.6. The van der Waals surface area contributed by atoms with E-state index < -0.39 is 5.60 Å². The van der Waals surface area contributed by atoms with Gasteiger partial charge in [-0.05, 0) is 44.4 Å². The van der Waals surface area contributed by atoms with Gasteiger partial charge in [-0.2, -0.15) is 0 Å². The minimum atomic E-state index is -0.408. The molecular formula is C16H31NO. The maximum Gasteiger partial charge on any atom is 0.0771 e. The van der Waals surface area contributed by atoms with Crippen molar-refractivity contribution in [3.05, 3.63) is 0 Å². The fourth-order valence-electron chi connectivity index (χ4n) is 3.47. The van der Waals surface area contributed by atoms with Gasteiger partial charge in [0.15, 0.2) is 0 Å². The van der Waals surface area contributed by atoms with Crippen LogP contribution in [0.25, 0.3) is 0 Å². The molecule has 2 heteroatoms. The summed E-state index contributed by atoms with van der Waals surface area (Å²) in [5, 5.41) is 14.2. The molecule has 0 radical (unpaired) electrons. The van der Waals surface area contributed by atoms with Crippen molar-refractivity contribution in [1.82, 2.24) is 5.32 Å². The normalized spacial score (nSPS) is 36.0. The molecular weight excluding hydrogens is 222 g/mol. The van der Waals surface area contributed by atoms with Gasteiger partial charge >= 0.3 is 0 Å². The molecule has 106 valence electrons. The highest BCUT2D eigenvalue weighted by Crippen LogP contribution is 2.31. The molecule has 0 aromatic carbocycles. The zero-order chi connectivity index (χ0) is 12.8. The van der Waals surface area contributed by atoms with Crippen molar-refractivity contribution in [2.75, 3.05) is 6.54 Å². The average molecular weight is 253 g/mol. The quantitative estimate of drug-likeness (QED) is 0.805. The fourth-order valence-corrected chi connectivity index (χ4v) is 3.47. The van der Waals surface area contributed by atoms with E-state index in [0.717, 1.165) is 25.3 Å². The zero-order valence-corrected chi connectivity index (χ0v) is 12.1. The zero-order valence-electron chi connectivity index (χ0n) is 12.1. The van der Waals surface area contributed by atoms with Crippen LogP contribution in [-0.2, 0) is 0 Å². The molecule has 0 amide bonds. The molecule has 0 aliphatic heterocycles. The van der Waals surface area contributed by atoms with Gasteiger partial charge in [-0.3, -0.25) is 0 Å². The number of aliphatic hydroxyl groups is 1. The van der Waals surface area contributed by atoms with Crippen molar-refractivity contribution in [2.24, 2.45) is 5.92 Å². The smallest absolute Gasteiger partial charge is 0.0771 e. The Balaban J connectivity index is 1.72. The van der Waals surface area contributed by atoms with Crippen LogP contribution < -0.4 is 5.32 Å². The van der Waals surface area contributed by atoms with Crippen LogP contribution in [0.5, 0.6) is 0 Å². The topological polar surface area (TPSA) is 32.3 Å². The SMILES string of the molecule is CC1CCC(O)(CNC2CCCCCCC2)CC1. The summed E-state index contributed by atoms with van der Waals surface area (Å²) in [6.45, 7) is 3.13. The number of hydrogen-bond donors (Lipinski definition) is 2. The molecule has 0 bridgehead atoms. The summed E-state index contributed by atoms with van der Waals surface area (Å²) in [4.78, 5) is 0. The number of hydrogen-bond acceptors (Lipinski definition) is 2. The number of nitrogens with one attached hydrogen (secondary N) is 1. The molecule has 0 atom stereocenters. The van der Waals surface area contributed by atoms with Gasteiger partial charge in [0.2, 0.25) is 0 Å². The summed E-state index contributed by atoms with van der Waals surface area (Å²) < 4.78 is 0. The van der Waals surface area contributed by atoms with E-state index in [1.165, 1.54) is 57.8 Å². The van der Waals surface area contributed by atoms with Crippen molar-refractivity contribution in [1.29, 1.82) is 0 Å². The third kappa shape index (κ3) is 4.55. The standard InChI is InChI=1S/C16H31NO/c1-14-9-11-16(18,12-10-14)13-17-15-7-5-3-2-4-6-8-15/h14-15,17-18H,2-13H2,1H3. The highest BCUT2D eigenvalue weighted by Gasteiger charge is 2.31. The summed E-state index contributed by atoms with van der Waals surface area (Å²) in [5.41, 5.74) is -0.408. The molecule has 18 heavy (non-hydrogen) atoms. The van der Waals surface area contributed by atoms with Gasteiger partial charge in [0.25, 0.3) is 0 Å². The van der Waals surface area contributed by atoms with Crippen LogP contribution in [0.15, 0.2) is 0 Å². The Bertz CT molecular complexity index is 225. The predicted molar refractivity (Wildman–Crippen MR) is 76.7 cm³/mol. The largest absolute Gasteiger partial charge is 0.389 e. The lowest BCUT2D eigenvalue weighted by Crippen LogP contribution is -2.46. The van der Waals surface area contributed by atoms with Gasteiger partial charge in [0.1, 0.15) is 0 Å². The van der Waals surface area contributed by atoms with Gasteiger partial charge in [-0.25, -0.2) is 0 Å². The van der Waals surface area contributed by atoms with E-state index in [2.05, 4.69) is 12.2 Å². The Morgan fingerprint density at radius 2 is 1.50 bits per heavy atom. The first-order valence-corrected chi connectivity index (χ1v) is 8.14. The molecule has 0 saturated heterocycles. The Morgan fingerprint density at radius 3 is 2.11 bits per heavy atom. The minimum Gasteiger partial charge on any atom is -0.389 e. The van der Waals surface area contributed by atoms with Gasteiger partial charge in [0.05, 0.1) is 5.60 Å². The van der Waals surface area contributed by atoms with E-state index in [0.29, 0.717) is 6.04 Å². The molecule has 2 fully saturated rings. The van der Waals surface area contributed by atoms with Gasteiger partial charge in [-0.1, -0.05) is 39.0 Å². The summed E-state index contributed by atoms with van der Waals surface area (Å²) in [5.74, 6) is 0.812. The first kappa shape index (κ1) is 14.3. The van der Waals surface area contributed by atoms with Crippen LogP contribution in [0.4, 0.5) is 0 Å². The van der Waals surface area contributed by atoms with Crippen LogP contribution in [-0.4, -0.2) is 23.3 Å². The van der Waals surface area contributed by atoms with E-state index in [1.807, 2.05) is 0 Å². The Kier molecular flexibility index (Phi) is 5.50. The van der Waals surface area contributed by atoms with Crippen molar-refractivity contribution >= 4 is 0 Å². The van der Waals surface area contributed by atoms with E-state index in [9.17, 15) is 5.11 Å². The summed E-state index contributed by atoms with van der Waals surface area (Å²) >= 11 is 0. The second kappa shape index (κ2) is 6.91. The summed E-state index contributed by atoms with van der Waals surface area (Å²) in [6.07, 6.45) is 14.0. The van der Waals surface area contributed by atoms with Crippen LogP contribution in [0.3, 0.4) is 0 Å². The van der Waals surface area contributed by atoms with E-state index in [1.54, 1.807) is 0 Å². The molecule has 2 rings (SSSR count). The van der Waals surface area contributed by atoms with Crippen LogP contribution in [0, 0.1) is 5.92 Å². The lowest BCUT2D eigenvalue weighted by Gasteiger charge is -2.36. The molecule has 2 aliphatic carbocycles. The van der Waals surface area contributed by atoms with Crippen molar-refractivity contribution < 1.29 is 5.11 Å². The van der Waals surface area contributed by atoms with E-state index >= 15 is 0 Å². The summed E-state index contributed by atoms with van der Waals surface area (Å²) in [7, 11) is 0. The lowest BCUT2D eigenvalue weighted by atomic mass is 9.79. The lowest BCUT2D eigenvalue weighted by molar-refractivity contribution is -0.00873. The van der Waals surface area contributed by atoms with Crippen molar-refractivity contribution in [3.63, 3.8) is 0 Å². The second-order valence-corrected chi connectivity index (χ2v) is 6.83. The molecule has 0 unspecified atom stereocenters. The summed E-state index contributed by atoms with van der Waals surface area (Å²) in [6, 6.07) is 0.661. The Morgan fingerprint density at radius 1 is 0.944 bits per heavy atom. The molecule has 2 N–H and O–H groups in total. The first-order valence-electron chi connectivity index (χ1n) is 8.14. The fraction of sp³-hybridized carbons (Fsp3) is 1.00. The Labute approximate surface area is 113 Å². The average Bonchev–Trinajstić information content (AvgIpc) is 2.32. The van der Waals surface area contributed by atoms with Gasteiger partial charge < -0.3 is 10.4 Å². The number of rotatable bonds is 3. The van der Waals surface area contributed by atoms with Crippen LogP contribution in [0.1, 0.15) is 77.6 Å². The molecule has 2 nitrogen and oxygen atoms in total. The third-order valence-electron chi connectivity index (χ3n) is 5.03. The van der Waals surface area contributed by atoms with Crippen LogP contribution >= 0.6 is 0 Å². The molecule has 0 aromatic heterocycles. The molecule has 0 heterocycles. The van der Waals surface area contributed by atoms with Crippen molar-refractivity contribution in [3.8, 4) is 0 Å². The minimum absolute atomic E-state index is 0.408.